The van der Waals surface area contributed by atoms with Crippen LogP contribution < -0.4 is 25.4 Å². The molecule has 0 radical (unpaired) electrons. The lowest BCUT2D eigenvalue weighted by Gasteiger charge is -2.30. The summed E-state index contributed by atoms with van der Waals surface area (Å²) < 4.78 is 54.0. The Kier molecular flexibility index (Phi) is 11.1. The van der Waals surface area contributed by atoms with Gasteiger partial charge in [-0.15, -0.1) is 0 Å². The Morgan fingerprint density at radius 1 is 0.945 bits per heavy atom. The molecule has 2 aliphatic carbocycles. The van der Waals surface area contributed by atoms with Gasteiger partial charge in [-0.2, -0.15) is 0 Å². The molecule has 17 heteroatoms. The highest BCUT2D eigenvalue weighted by molar-refractivity contribution is 7.91. The lowest BCUT2D eigenvalue weighted by molar-refractivity contribution is -0.141. The van der Waals surface area contributed by atoms with Gasteiger partial charge in [0.25, 0.3) is 11.8 Å². The number of pyridine rings is 1. The van der Waals surface area contributed by atoms with Crippen molar-refractivity contribution in [2.24, 2.45) is 5.92 Å². The van der Waals surface area contributed by atoms with Crippen LogP contribution in [0.15, 0.2) is 48.6 Å². The summed E-state index contributed by atoms with van der Waals surface area (Å²) in [7, 11) is -3.93. The van der Waals surface area contributed by atoms with Crippen LogP contribution in [0.5, 0.6) is 5.75 Å². The molecule has 5 amide bonds. The fraction of sp³-hybridized carbons (Fsp3) is 0.526. The number of alkyl carbamates (subject to hydrolysis) is 1. The molecule has 1 aromatic heterocycles. The Hall–Kier alpha value is -5.06. The zero-order valence-electron chi connectivity index (χ0n) is 30.3. The van der Waals surface area contributed by atoms with Gasteiger partial charge in [-0.1, -0.05) is 31.1 Å². The molecule has 5 atom stereocenters. The van der Waals surface area contributed by atoms with Gasteiger partial charge in [-0.05, 0) is 88.1 Å². The molecule has 4 N–H and O–H groups in total. The largest absolute Gasteiger partial charge is 0.494 e. The average Bonchev–Trinajstić information content (AvgIpc) is 4.09. The van der Waals surface area contributed by atoms with Gasteiger partial charge in [-0.3, -0.25) is 23.9 Å². The Bertz CT molecular complexity index is 1990. The van der Waals surface area contributed by atoms with Crippen LogP contribution in [0.2, 0.25) is 0 Å². The molecule has 1 saturated heterocycles. The highest BCUT2D eigenvalue weighted by atomic mass is 32.2. The predicted molar refractivity (Wildman–Crippen MR) is 195 cm³/mol. The van der Waals surface area contributed by atoms with Gasteiger partial charge < -0.3 is 30.3 Å². The van der Waals surface area contributed by atoms with Gasteiger partial charge in [0.2, 0.25) is 21.8 Å². The van der Waals surface area contributed by atoms with Crippen molar-refractivity contribution >= 4 is 39.7 Å². The van der Waals surface area contributed by atoms with Crippen molar-refractivity contribution in [3.8, 4) is 17.0 Å². The molecular formula is C38H45FN6O9S. The molecule has 5 aliphatic rings. The normalized spacial score (nSPS) is 28.1. The molecule has 0 unspecified atom stereocenters. The van der Waals surface area contributed by atoms with Crippen LogP contribution >= 0.6 is 0 Å². The lowest BCUT2D eigenvalue weighted by atomic mass is 10.0. The van der Waals surface area contributed by atoms with E-state index >= 15 is 4.39 Å². The number of rotatable bonds is 3. The van der Waals surface area contributed by atoms with Crippen LogP contribution in [0.3, 0.4) is 0 Å². The van der Waals surface area contributed by atoms with E-state index in [9.17, 15) is 32.4 Å². The quantitative estimate of drug-likeness (QED) is 0.336. The average molecular weight is 781 g/mol. The van der Waals surface area contributed by atoms with E-state index in [1.165, 1.54) is 29.2 Å². The molecule has 15 nitrogen and oxygen atoms in total. The van der Waals surface area contributed by atoms with Gasteiger partial charge >= 0.3 is 6.09 Å². The van der Waals surface area contributed by atoms with E-state index in [0.29, 0.717) is 44.3 Å². The van der Waals surface area contributed by atoms with Crippen molar-refractivity contribution in [2.45, 2.75) is 99.5 Å². The number of cyclic esters (lactones) is 1. The van der Waals surface area contributed by atoms with Crippen molar-refractivity contribution in [3.05, 3.63) is 60.1 Å². The second-order valence-electron chi connectivity index (χ2n) is 14.9. The zero-order chi connectivity index (χ0) is 38.7. The number of hydrogen-bond acceptors (Lipinski definition) is 10. The number of aromatic nitrogens is 1. The molecule has 3 fully saturated rings. The highest BCUT2D eigenvalue weighted by Gasteiger charge is 2.62. The molecule has 4 heterocycles. The third-order valence-electron chi connectivity index (χ3n) is 10.7. The van der Waals surface area contributed by atoms with Crippen LogP contribution in [-0.4, -0.2) is 96.7 Å². The number of ether oxygens (including phenoxy) is 2. The number of nitrogens with one attached hydrogen (secondary N) is 4. The first kappa shape index (κ1) is 38.2. The topological polar surface area (TPSA) is 202 Å². The maximum absolute atomic E-state index is 15.0. The second-order valence-corrected chi connectivity index (χ2v) is 16.8. The lowest BCUT2D eigenvalue weighted by Crippen LogP contribution is -2.58. The van der Waals surface area contributed by atoms with Gasteiger partial charge in [-0.25, -0.2) is 22.6 Å². The number of carbonyl (C=O) groups excluding carboxylic acids is 5. The highest BCUT2D eigenvalue weighted by Crippen LogP contribution is 2.46. The fourth-order valence-electron chi connectivity index (χ4n) is 7.41. The summed E-state index contributed by atoms with van der Waals surface area (Å²) in [5.41, 5.74) is -1.28. The van der Waals surface area contributed by atoms with Gasteiger partial charge in [0.15, 0.2) is 0 Å². The maximum Gasteiger partial charge on any atom is 0.407 e. The number of halogens is 1. The molecular weight excluding hydrogens is 736 g/mol. The minimum Gasteiger partial charge on any atom is -0.494 e. The van der Waals surface area contributed by atoms with Crippen LogP contribution in [0, 0.1) is 11.7 Å². The monoisotopic (exact) mass is 780 g/mol. The summed E-state index contributed by atoms with van der Waals surface area (Å²) in [6.07, 6.45) is 7.82. The Labute approximate surface area is 318 Å². The number of benzene rings is 1. The summed E-state index contributed by atoms with van der Waals surface area (Å²) in [6, 6.07) is 5.77. The number of allylic oxidation sites excluding steroid dienone is 1. The zero-order valence-corrected chi connectivity index (χ0v) is 31.1. The van der Waals surface area contributed by atoms with Crippen molar-refractivity contribution in [3.63, 3.8) is 0 Å². The smallest absolute Gasteiger partial charge is 0.407 e. The molecule has 55 heavy (non-hydrogen) atoms. The van der Waals surface area contributed by atoms with E-state index in [1.54, 1.807) is 12.1 Å². The number of amides is 5. The number of fused-ring (bicyclic) bond motifs is 8. The van der Waals surface area contributed by atoms with E-state index < -0.39 is 80.4 Å². The standard InChI is InChI=1S/C38H45FN6O9S/c39-28-16-13-25-20-27(28)29-11-8-12-30(41-29)33(46)40-24-19-32-34(47)43-38(36(49)44-55(51,52)26-14-15-26)21-23(38)9-4-2-1-3-5-10-31(35(48)45(32)22-24)42-37(50)54-18-7-6-17-53-25/h4,8-9,11-13,16,20,23-24,26,31-32H,1-3,5-7,10,14-15,17-19,21-22H2,(H,40,46)(H,42,50)(H,43,47)(H,44,49)/t23-,24-,31+,32+,38-/m1/s1. The summed E-state index contributed by atoms with van der Waals surface area (Å²) in [5.74, 6) is -3.40. The van der Waals surface area contributed by atoms with Crippen LogP contribution in [0.1, 0.15) is 81.1 Å². The maximum atomic E-state index is 15.0. The molecule has 7 rings (SSSR count). The molecule has 3 aliphatic heterocycles. The fourth-order valence-corrected chi connectivity index (χ4v) is 8.77. The van der Waals surface area contributed by atoms with Gasteiger partial charge in [0.1, 0.15) is 34.9 Å². The van der Waals surface area contributed by atoms with Crippen molar-refractivity contribution in [1.82, 2.24) is 30.6 Å². The summed E-state index contributed by atoms with van der Waals surface area (Å²) in [6.45, 7) is 0.169. The van der Waals surface area contributed by atoms with Crippen molar-refractivity contribution < 1.29 is 46.3 Å². The first-order chi connectivity index (χ1) is 26.4. The first-order valence-corrected chi connectivity index (χ1v) is 20.5. The van der Waals surface area contributed by atoms with Crippen molar-refractivity contribution in [1.29, 1.82) is 0 Å². The van der Waals surface area contributed by atoms with E-state index in [4.69, 9.17) is 9.47 Å². The van der Waals surface area contributed by atoms with E-state index in [1.807, 2.05) is 12.2 Å². The minimum atomic E-state index is -3.93. The molecule has 294 valence electrons. The van der Waals surface area contributed by atoms with Crippen LogP contribution in [0.25, 0.3) is 11.3 Å². The first-order valence-electron chi connectivity index (χ1n) is 18.9. The summed E-state index contributed by atoms with van der Waals surface area (Å²) >= 11 is 0. The SMILES string of the molecule is O=C1N[C@H]2CCCCCC=C[C@@H]3C[C@@]3(C(=O)NS(=O)(=O)C3CC3)NC(=O)[C@@H]3C[C@H](CN3C2=O)NC(=O)c2cccc(n2)-c2cc(ccc2F)OCCCCO1. The molecule has 2 saturated carbocycles. The summed E-state index contributed by atoms with van der Waals surface area (Å²) in [4.78, 5) is 74.7. The second kappa shape index (κ2) is 16.0. The third-order valence-corrected chi connectivity index (χ3v) is 12.6. The minimum absolute atomic E-state index is 0.0308. The molecule has 1 aromatic carbocycles. The summed E-state index contributed by atoms with van der Waals surface area (Å²) in [5, 5.41) is 7.69. The Balaban J connectivity index is 1.19. The van der Waals surface area contributed by atoms with Crippen molar-refractivity contribution in [2.75, 3.05) is 19.8 Å². The Morgan fingerprint density at radius 3 is 2.53 bits per heavy atom. The van der Waals surface area contributed by atoms with E-state index in [-0.39, 0.29) is 56.0 Å². The number of sulfonamides is 1. The number of nitrogens with zero attached hydrogens (tertiary/aromatic N) is 2. The van der Waals surface area contributed by atoms with Gasteiger partial charge in [0.05, 0.1) is 24.2 Å². The molecule has 2 aromatic rings. The molecule has 7 bridgehead atoms. The van der Waals surface area contributed by atoms with E-state index in [0.717, 1.165) is 12.8 Å². The van der Waals surface area contributed by atoms with Gasteiger partial charge in [0, 0.05) is 24.1 Å². The third kappa shape index (κ3) is 8.76. The predicted octanol–water partition coefficient (Wildman–Crippen LogP) is 2.86. The number of carbonyl (C=O) groups is 5. The van der Waals surface area contributed by atoms with Crippen LogP contribution in [0.4, 0.5) is 9.18 Å². The molecule has 0 spiro atoms. The van der Waals surface area contributed by atoms with Crippen LogP contribution in [-0.2, 0) is 29.1 Å². The Morgan fingerprint density at radius 2 is 1.73 bits per heavy atom. The van der Waals surface area contributed by atoms with E-state index in [2.05, 4.69) is 25.7 Å². The number of hydrogen-bond donors (Lipinski definition) is 4.